The minimum atomic E-state index is -0.319. The fourth-order valence-electron chi connectivity index (χ4n) is 1.89. The van der Waals surface area contributed by atoms with Gasteiger partial charge in [-0.2, -0.15) is 0 Å². The standard InChI is InChI=1S/C15H15BrFN3O/c1-8-5-11(17)10(16)7-14(8)20-13-4-3-9(6-12(13)18)15(21)19-2/h3-7,20H,18H2,1-2H3,(H,19,21). The van der Waals surface area contributed by atoms with Gasteiger partial charge in [-0.1, -0.05) is 0 Å². The highest BCUT2D eigenvalue weighted by atomic mass is 79.9. The van der Waals surface area contributed by atoms with Gasteiger partial charge in [-0.25, -0.2) is 4.39 Å². The van der Waals surface area contributed by atoms with E-state index in [0.29, 0.717) is 21.4 Å². The van der Waals surface area contributed by atoms with Crippen molar-refractivity contribution >= 4 is 38.9 Å². The first-order chi connectivity index (χ1) is 9.92. The smallest absolute Gasteiger partial charge is 0.251 e. The predicted octanol–water partition coefficient (Wildman–Crippen LogP) is 3.58. The van der Waals surface area contributed by atoms with E-state index in [1.165, 1.54) is 6.07 Å². The Bertz CT molecular complexity index is 704. The van der Waals surface area contributed by atoms with Gasteiger partial charge < -0.3 is 16.4 Å². The van der Waals surface area contributed by atoms with E-state index < -0.39 is 0 Å². The molecule has 0 aromatic heterocycles. The summed E-state index contributed by atoms with van der Waals surface area (Å²) in [6, 6.07) is 8.06. The number of benzene rings is 2. The van der Waals surface area contributed by atoms with E-state index in [9.17, 15) is 9.18 Å². The minimum absolute atomic E-state index is 0.200. The Balaban J connectivity index is 2.32. The second-order valence-corrected chi connectivity index (χ2v) is 5.44. The number of aryl methyl sites for hydroxylation is 1. The number of carbonyl (C=O) groups excluding carboxylic acids is 1. The van der Waals surface area contributed by atoms with Crippen LogP contribution in [0.15, 0.2) is 34.8 Å². The number of nitrogens with one attached hydrogen (secondary N) is 2. The van der Waals surface area contributed by atoms with Gasteiger partial charge in [0.1, 0.15) is 5.82 Å². The molecule has 2 aromatic rings. The van der Waals surface area contributed by atoms with Crippen LogP contribution >= 0.6 is 15.9 Å². The molecule has 0 atom stereocenters. The molecule has 110 valence electrons. The minimum Gasteiger partial charge on any atom is -0.397 e. The number of hydrogen-bond donors (Lipinski definition) is 3. The van der Waals surface area contributed by atoms with Crippen LogP contribution in [0.25, 0.3) is 0 Å². The van der Waals surface area contributed by atoms with Crippen LogP contribution in [0.3, 0.4) is 0 Å². The summed E-state index contributed by atoms with van der Waals surface area (Å²) in [6.45, 7) is 1.80. The zero-order valence-corrected chi connectivity index (χ0v) is 13.2. The Kier molecular flexibility index (Phi) is 4.47. The molecule has 1 amide bonds. The molecular formula is C15H15BrFN3O. The van der Waals surface area contributed by atoms with Crippen LogP contribution in [0.1, 0.15) is 15.9 Å². The Morgan fingerprint density at radius 1 is 1.24 bits per heavy atom. The molecule has 0 radical (unpaired) electrons. The van der Waals surface area contributed by atoms with Crippen molar-refractivity contribution in [2.45, 2.75) is 6.92 Å². The SMILES string of the molecule is CNC(=O)c1ccc(Nc2cc(Br)c(F)cc2C)c(N)c1. The van der Waals surface area contributed by atoms with Crippen molar-refractivity contribution in [2.75, 3.05) is 18.1 Å². The molecule has 0 unspecified atom stereocenters. The van der Waals surface area contributed by atoms with Gasteiger partial charge in [-0.15, -0.1) is 0 Å². The largest absolute Gasteiger partial charge is 0.397 e. The molecule has 2 rings (SSSR count). The van der Waals surface area contributed by atoms with E-state index in [1.807, 2.05) is 0 Å². The number of rotatable bonds is 3. The number of nitrogen functional groups attached to an aromatic ring is 1. The van der Waals surface area contributed by atoms with Gasteiger partial charge in [-0.3, -0.25) is 4.79 Å². The molecule has 0 saturated heterocycles. The lowest BCUT2D eigenvalue weighted by Gasteiger charge is -2.13. The molecule has 0 spiro atoms. The van der Waals surface area contributed by atoms with Crippen molar-refractivity contribution in [3.8, 4) is 0 Å². The molecular weight excluding hydrogens is 337 g/mol. The number of anilines is 3. The average Bonchev–Trinajstić information content (AvgIpc) is 2.45. The highest BCUT2D eigenvalue weighted by Gasteiger charge is 2.09. The van der Waals surface area contributed by atoms with Gasteiger partial charge >= 0.3 is 0 Å². The van der Waals surface area contributed by atoms with Gasteiger partial charge in [0.2, 0.25) is 0 Å². The van der Waals surface area contributed by atoms with E-state index >= 15 is 0 Å². The number of amides is 1. The monoisotopic (exact) mass is 351 g/mol. The van der Waals surface area contributed by atoms with E-state index in [-0.39, 0.29) is 11.7 Å². The normalized spacial score (nSPS) is 10.3. The first-order valence-corrected chi connectivity index (χ1v) is 7.06. The molecule has 0 aliphatic carbocycles. The lowest BCUT2D eigenvalue weighted by molar-refractivity contribution is 0.0963. The fraction of sp³-hybridized carbons (Fsp3) is 0.133. The predicted molar refractivity (Wildman–Crippen MR) is 86.4 cm³/mol. The van der Waals surface area contributed by atoms with Crippen molar-refractivity contribution < 1.29 is 9.18 Å². The molecule has 0 aliphatic heterocycles. The summed E-state index contributed by atoms with van der Waals surface area (Å²) < 4.78 is 13.8. The van der Waals surface area contributed by atoms with Gasteiger partial charge in [0.25, 0.3) is 5.91 Å². The Hall–Kier alpha value is -2.08. The van der Waals surface area contributed by atoms with Crippen molar-refractivity contribution in [3.05, 3.63) is 51.7 Å². The molecule has 4 nitrogen and oxygen atoms in total. The van der Waals surface area contributed by atoms with E-state index in [1.54, 1.807) is 38.2 Å². The summed E-state index contributed by atoms with van der Waals surface area (Å²) in [5.74, 6) is -0.519. The quantitative estimate of drug-likeness (QED) is 0.740. The average molecular weight is 352 g/mol. The van der Waals surface area contributed by atoms with Gasteiger partial charge in [0, 0.05) is 18.3 Å². The molecule has 0 fully saturated rings. The van der Waals surface area contributed by atoms with Crippen molar-refractivity contribution in [1.29, 1.82) is 0 Å². The van der Waals surface area contributed by atoms with Crippen molar-refractivity contribution in [2.24, 2.45) is 0 Å². The molecule has 2 aromatic carbocycles. The second-order valence-electron chi connectivity index (χ2n) is 4.59. The van der Waals surface area contributed by atoms with Crippen molar-refractivity contribution in [1.82, 2.24) is 5.32 Å². The topological polar surface area (TPSA) is 67.2 Å². The van der Waals surface area contributed by atoms with Crippen molar-refractivity contribution in [3.63, 3.8) is 0 Å². The van der Waals surface area contributed by atoms with E-state index in [0.717, 1.165) is 11.3 Å². The fourth-order valence-corrected chi connectivity index (χ4v) is 2.23. The maximum atomic E-state index is 13.4. The first kappa shape index (κ1) is 15.3. The summed E-state index contributed by atoms with van der Waals surface area (Å²) in [7, 11) is 1.56. The summed E-state index contributed by atoms with van der Waals surface area (Å²) in [5.41, 5.74) is 9.03. The lowest BCUT2D eigenvalue weighted by atomic mass is 10.1. The van der Waals surface area contributed by atoms with E-state index in [4.69, 9.17) is 5.73 Å². The highest BCUT2D eigenvalue weighted by molar-refractivity contribution is 9.10. The number of carbonyl (C=O) groups is 1. The molecule has 4 N–H and O–H groups in total. The maximum absolute atomic E-state index is 13.4. The Morgan fingerprint density at radius 3 is 2.57 bits per heavy atom. The molecule has 21 heavy (non-hydrogen) atoms. The van der Waals surface area contributed by atoms with E-state index in [2.05, 4.69) is 26.6 Å². The number of halogens is 2. The van der Waals surface area contributed by atoms with Gasteiger partial charge in [0.05, 0.1) is 15.8 Å². The van der Waals surface area contributed by atoms with Crippen LogP contribution in [-0.2, 0) is 0 Å². The molecule has 0 aliphatic rings. The van der Waals surface area contributed by atoms with Crippen LogP contribution in [0, 0.1) is 12.7 Å². The summed E-state index contributed by atoms with van der Waals surface area (Å²) in [6.07, 6.45) is 0. The van der Waals surface area contributed by atoms with Crippen LogP contribution in [0.2, 0.25) is 0 Å². The summed E-state index contributed by atoms with van der Waals surface area (Å²) in [5, 5.41) is 5.68. The Morgan fingerprint density at radius 2 is 1.95 bits per heavy atom. The second kappa shape index (κ2) is 6.13. The lowest BCUT2D eigenvalue weighted by Crippen LogP contribution is -2.18. The van der Waals surface area contributed by atoms with Gasteiger partial charge in [-0.05, 0) is 58.7 Å². The Labute approximate surface area is 130 Å². The molecule has 0 heterocycles. The first-order valence-electron chi connectivity index (χ1n) is 6.26. The zero-order chi connectivity index (χ0) is 15.6. The zero-order valence-electron chi connectivity index (χ0n) is 11.6. The number of nitrogens with two attached hydrogens (primary N) is 1. The van der Waals surface area contributed by atoms with Gasteiger partial charge in [0.15, 0.2) is 0 Å². The maximum Gasteiger partial charge on any atom is 0.251 e. The van der Waals surface area contributed by atoms with Crippen LogP contribution in [0.5, 0.6) is 0 Å². The third-order valence-corrected chi connectivity index (χ3v) is 3.69. The van der Waals surface area contributed by atoms with Crippen LogP contribution in [-0.4, -0.2) is 13.0 Å². The third kappa shape index (κ3) is 3.33. The van der Waals surface area contributed by atoms with Crippen LogP contribution in [0.4, 0.5) is 21.5 Å². The third-order valence-electron chi connectivity index (χ3n) is 3.08. The summed E-state index contributed by atoms with van der Waals surface area (Å²) >= 11 is 3.15. The van der Waals surface area contributed by atoms with Crippen LogP contribution < -0.4 is 16.4 Å². The number of hydrogen-bond acceptors (Lipinski definition) is 3. The summed E-state index contributed by atoms with van der Waals surface area (Å²) in [4.78, 5) is 11.5. The molecule has 0 bridgehead atoms. The highest BCUT2D eigenvalue weighted by Crippen LogP contribution is 2.29. The molecule has 6 heteroatoms. The molecule has 0 saturated carbocycles.